The SMILES string of the molecule is NS(=O)(=O)Cc1ccccc1C1CC2CC1CC2Cc1cnccn1. The van der Waals surface area contributed by atoms with Crippen LogP contribution in [0.4, 0.5) is 0 Å². The summed E-state index contributed by atoms with van der Waals surface area (Å²) < 4.78 is 23.1. The highest BCUT2D eigenvalue weighted by atomic mass is 32.2. The molecular formula is C19H23N3O2S. The number of rotatable bonds is 5. The molecule has 2 fully saturated rings. The van der Waals surface area contributed by atoms with E-state index in [0.717, 1.165) is 24.1 Å². The van der Waals surface area contributed by atoms with Gasteiger partial charge in [-0.15, -0.1) is 0 Å². The van der Waals surface area contributed by atoms with Crippen LogP contribution in [0.5, 0.6) is 0 Å². The van der Waals surface area contributed by atoms with Gasteiger partial charge in [0.1, 0.15) is 0 Å². The van der Waals surface area contributed by atoms with Gasteiger partial charge in [-0.1, -0.05) is 24.3 Å². The third-order valence-electron chi connectivity index (χ3n) is 5.90. The second-order valence-corrected chi connectivity index (χ2v) is 9.12. The topological polar surface area (TPSA) is 85.9 Å². The number of nitrogens with two attached hydrogens (primary N) is 1. The highest BCUT2D eigenvalue weighted by Gasteiger charge is 2.46. The second kappa shape index (κ2) is 6.50. The van der Waals surface area contributed by atoms with Crippen molar-refractivity contribution in [3.8, 4) is 0 Å². The van der Waals surface area contributed by atoms with Gasteiger partial charge in [-0.2, -0.15) is 0 Å². The fourth-order valence-corrected chi connectivity index (χ4v) is 5.67. The van der Waals surface area contributed by atoms with Crippen LogP contribution in [0.3, 0.4) is 0 Å². The Kier molecular flexibility index (Phi) is 4.33. The van der Waals surface area contributed by atoms with E-state index in [0.29, 0.717) is 23.7 Å². The van der Waals surface area contributed by atoms with Gasteiger partial charge < -0.3 is 0 Å². The molecule has 4 rings (SSSR count). The Labute approximate surface area is 148 Å². The molecule has 0 spiro atoms. The summed E-state index contributed by atoms with van der Waals surface area (Å²) in [5.41, 5.74) is 3.13. The number of hydrogen-bond donors (Lipinski definition) is 1. The minimum Gasteiger partial charge on any atom is -0.261 e. The van der Waals surface area contributed by atoms with Crippen LogP contribution in [-0.2, 0) is 22.2 Å². The predicted octanol–water partition coefficient (Wildman–Crippen LogP) is 2.64. The zero-order valence-corrected chi connectivity index (χ0v) is 14.9. The van der Waals surface area contributed by atoms with E-state index >= 15 is 0 Å². The Morgan fingerprint density at radius 3 is 2.60 bits per heavy atom. The fraction of sp³-hybridized carbons (Fsp3) is 0.474. The maximum Gasteiger partial charge on any atom is 0.213 e. The van der Waals surface area contributed by atoms with Crippen LogP contribution in [0.2, 0.25) is 0 Å². The Bertz CT molecular complexity index is 854. The van der Waals surface area contributed by atoms with Gasteiger partial charge in [-0.3, -0.25) is 9.97 Å². The van der Waals surface area contributed by atoms with Gasteiger partial charge in [0.2, 0.25) is 10.0 Å². The summed E-state index contributed by atoms with van der Waals surface area (Å²) in [5, 5.41) is 5.28. The molecule has 2 bridgehead atoms. The van der Waals surface area contributed by atoms with E-state index in [2.05, 4.69) is 16.0 Å². The van der Waals surface area contributed by atoms with Gasteiger partial charge >= 0.3 is 0 Å². The molecule has 2 aromatic rings. The largest absolute Gasteiger partial charge is 0.261 e. The Morgan fingerprint density at radius 2 is 1.92 bits per heavy atom. The van der Waals surface area contributed by atoms with Crippen molar-refractivity contribution in [2.45, 2.75) is 37.4 Å². The van der Waals surface area contributed by atoms with Crippen LogP contribution < -0.4 is 5.14 Å². The summed E-state index contributed by atoms with van der Waals surface area (Å²) in [7, 11) is -3.51. The molecule has 25 heavy (non-hydrogen) atoms. The number of aromatic nitrogens is 2. The molecule has 4 atom stereocenters. The maximum absolute atomic E-state index is 11.5. The third-order valence-corrected chi connectivity index (χ3v) is 6.62. The van der Waals surface area contributed by atoms with Crippen molar-refractivity contribution in [1.29, 1.82) is 0 Å². The molecule has 2 N–H and O–H groups in total. The van der Waals surface area contributed by atoms with E-state index in [-0.39, 0.29) is 5.75 Å². The number of sulfonamides is 1. The molecule has 0 aliphatic heterocycles. The van der Waals surface area contributed by atoms with Crippen molar-refractivity contribution in [2.75, 3.05) is 0 Å². The monoisotopic (exact) mass is 357 g/mol. The van der Waals surface area contributed by atoms with Gasteiger partial charge in [0, 0.05) is 18.6 Å². The molecule has 1 aromatic heterocycles. The van der Waals surface area contributed by atoms with E-state index in [1.54, 1.807) is 12.4 Å². The normalized spacial score (nSPS) is 28.4. The summed E-state index contributed by atoms with van der Waals surface area (Å²) in [4.78, 5) is 8.58. The zero-order valence-electron chi connectivity index (χ0n) is 14.1. The first-order chi connectivity index (χ1) is 12.0. The molecule has 132 valence electrons. The van der Waals surface area contributed by atoms with E-state index in [9.17, 15) is 8.42 Å². The van der Waals surface area contributed by atoms with Gasteiger partial charge in [-0.05, 0) is 60.5 Å². The average molecular weight is 357 g/mol. The van der Waals surface area contributed by atoms with Crippen LogP contribution in [0, 0.1) is 17.8 Å². The number of fused-ring (bicyclic) bond motifs is 2. The Morgan fingerprint density at radius 1 is 1.08 bits per heavy atom. The third kappa shape index (κ3) is 3.60. The molecule has 0 amide bonds. The summed E-state index contributed by atoms with van der Waals surface area (Å²) in [6.45, 7) is 0. The van der Waals surface area contributed by atoms with Crippen molar-refractivity contribution in [1.82, 2.24) is 9.97 Å². The molecule has 6 heteroatoms. The lowest BCUT2D eigenvalue weighted by Crippen LogP contribution is -2.21. The molecule has 2 saturated carbocycles. The first-order valence-corrected chi connectivity index (χ1v) is 10.5. The summed E-state index contributed by atoms with van der Waals surface area (Å²) in [6.07, 6.45) is 9.90. The Balaban J connectivity index is 1.50. The lowest BCUT2D eigenvalue weighted by molar-refractivity contribution is 0.301. The van der Waals surface area contributed by atoms with E-state index in [1.807, 2.05) is 24.4 Å². The highest BCUT2D eigenvalue weighted by Crippen LogP contribution is 2.56. The minimum absolute atomic E-state index is 0.0694. The number of nitrogens with zero attached hydrogens (tertiary/aromatic N) is 2. The number of hydrogen-bond acceptors (Lipinski definition) is 4. The maximum atomic E-state index is 11.5. The van der Waals surface area contributed by atoms with Gasteiger partial charge in [0.15, 0.2) is 0 Å². The molecule has 0 radical (unpaired) electrons. The van der Waals surface area contributed by atoms with Crippen LogP contribution in [0.1, 0.15) is 42.0 Å². The molecule has 1 heterocycles. The summed E-state index contributed by atoms with van der Waals surface area (Å²) in [6, 6.07) is 7.89. The fourth-order valence-electron chi connectivity index (χ4n) is 4.97. The average Bonchev–Trinajstić information content (AvgIpc) is 3.15. The van der Waals surface area contributed by atoms with Crippen molar-refractivity contribution in [2.24, 2.45) is 22.9 Å². The highest BCUT2D eigenvalue weighted by molar-refractivity contribution is 7.88. The molecular weight excluding hydrogens is 334 g/mol. The quantitative estimate of drug-likeness (QED) is 0.891. The summed E-state index contributed by atoms with van der Waals surface area (Å²) in [5.74, 6) is 2.39. The lowest BCUT2D eigenvalue weighted by Gasteiger charge is -2.29. The molecule has 2 aliphatic carbocycles. The van der Waals surface area contributed by atoms with E-state index < -0.39 is 10.0 Å². The number of benzene rings is 1. The molecule has 0 saturated heterocycles. The lowest BCUT2D eigenvalue weighted by atomic mass is 9.76. The predicted molar refractivity (Wildman–Crippen MR) is 96.1 cm³/mol. The van der Waals surface area contributed by atoms with E-state index in [1.165, 1.54) is 18.4 Å². The van der Waals surface area contributed by atoms with Crippen molar-refractivity contribution in [3.63, 3.8) is 0 Å². The van der Waals surface area contributed by atoms with Gasteiger partial charge in [0.05, 0.1) is 11.4 Å². The first kappa shape index (κ1) is 16.7. The Hall–Kier alpha value is -1.79. The molecule has 4 unspecified atom stereocenters. The van der Waals surface area contributed by atoms with Gasteiger partial charge in [0.25, 0.3) is 0 Å². The molecule has 1 aromatic carbocycles. The van der Waals surface area contributed by atoms with Gasteiger partial charge in [-0.25, -0.2) is 13.6 Å². The number of primary sulfonamides is 1. The van der Waals surface area contributed by atoms with Crippen molar-refractivity contribution in [3.05, 3.63) is 59.7 Å². The minimum atomic E-state index is -3.51. The summed E-state index contributed by atoms with van der Waals surface area (Å²) >= 11 is 0. The van der Waals surface area contributed by atoms with E-state index in [4.69, 9.17) is 5.14 Å². The van der Waals surface area contributed by atoms with Crippen LogP contribution >= 0.6 is 0 Å². The van der Waals surface area contributed by atoms with Crippen molar-refractivity contribution < 1.29 is 8.42 Å². The van der Waals surface area contributed by atoms with Crippen LogP contribution in [0.15, 0.2) is 42.9 Å². The van der Waals surface area contributed by atoms with Crippen LogP contribution in [-0.4, -0.2) is 18.4 Å². The molecule has 5 nitrogen and oxygen atoms in total. The first-order valence-electron chi connectivity index (χ1n) is 8.83. The van der Waals surface area contributed by atoms with Crippen molar-refractivity contribution >= 4 is 10.0 Å². The second-order valence-electron chi connectivity index (χ2n) is 7.50. The smallest absolute Gasteiger partial charge is 0.213 e. The standard InChI is InChI=1S/C19H23N3O2S/c20-25(23,24)12-13-3-1-2-4-18(13)19-10-15-8-16(19)7-14(15)9-17-11-21-5-6-22-17/h1-6,11,14-16,19H,7-10,12H2,(H2,20,23,24). The zero-order chi connectivity index (χ0) is 17.4. The van der Waals surface area contributed by atoms with Crippen LogP contribution in [0.25, 0.3) is 0 Å². The molecule has 2 aliphatic rings.